The number of benzene rings is 5. The highest BCUT2D eigenvalue weighted by Crippen LogP contribution is 2.37. The highest BCUT2D eigenvalue weighted by molar-refractivity contribution is 6.21. The number of hydrogen-bond acceptors (Lipinski definition) is 5. The van der Waals surface area contributed by atoms with E-state index in [9.17, 15) is 31.6 Å². The average Bonchev–Trinajstić information content (AvgIpc) is 3.51. The quantitative estimate of drug-likeness (QED) is 0.0824. The standard InChI is InChI=1S/C36H16F6N4O2/c1-44-46-34-30-15-24(48-22-8-4-20(5-9-22)36(40,41)42)11-13-26(30)28-16-31-27(17-32(28)34)25-12-10-23(14-29(25)33(31)45-18-43)47-21-6-2-19(3-7-21)35(37,38)39/h2-17H/b45-33+,46-34+. The van der Waals surface area contributed by atoms with Crippen LogP contribution in [0.5, 0.6) is 23.0 Å². The summed E-state index contributed by atoms with van der Waals surface area (Å²) in [6.07, 6.45) is -7.12. The maximum atomic E-state index is 13.0. The van der Waals surface area contributed by atoms with Gasteiger partial charge in [-0.05, 0) is 119 Å². The van der Waals surface area contributed by atoms with E-state index in [4.69, 9.17) is 16.0 Å². The van der Waals surface area contributed by atoms with Crippen molar-refractivity contribution in [2.75, 3.05) is 0 Å². The first kappa shape index (κ1) is 30.3. The predicted molar refractivity (Wildman–Crippen MR) is 165 cm³/mol. The first-order valence-electron chi connectivity index (χ1n) is 14.0. The zero-order valence-corrected chi connectivity index (χ0v) is 24.1. The van der Waals surface area contributed by atoms with Crippen LogP contribution in [0.15, 0.2) is 107 Å². The molecule has 0 spiro atoms. The summed E-state index contributed by atoms with van der Waals surface area (Å²) in [5, 5.41) is 19.6. The van der Waals surface area contributed by atoms with Crippen LogP contribution in [0.1, 0.15) is 11.1 Å². The molecule has 0 aliphatic carbocycles. The molecule has 0 bridgehead atoms. The van der Waals surface area contributed by atoms with Gasteiger partial charge in [-0.1, -0.05) is 0 Å². The average molecular weight is 651 g/mol. The van der Waals surface area contributed by atoms with E-state index in [0.29, 0.717) is 65.3 Å². The number of rotatable bonds is 4. The topological polar surface area (TPSA) is 71.3 Å². The van der Waals surface area contributed by atoms with Gasteiger partial charge in [-0.25, -0.2) is 0 Å². The third-order valence-electron chi connectivity index (χ3n) is 7.89. The van der Waals surface area contributed by atoms with Crippen LogP contribution in [0.2, 0.25) is 0 Å². The first-order chi connectivity index (χ1) is 22.9. The Labute approximate surface area is 266 Å². The number of halogens is 6. The molecule has 7 aromatic rings. The molecule has 0 saturated heterocycles. The monoisotopic (exact) mass is 650 g/mol. The number of nitriles is 1. The summed E-state index contributed by atoms with van der Waals surface area (Å²) in [7, 11) is 0. The Morgan fingerprint density at radius 1 is 0.521 bits per heavy atom. The minimum Gasteiger partial charge on any atom is -0.457 e. The third kappa shape index (κ3) is 5.29. The predicted octanol–water partition coefficient (Wildman–Crippen LogP) is 9.91. The van der Waals surface area contributed by atoms with Crippen molar-refractivity contribution in [3.05, 3.63) is 130 Å². The zero-order chi connectivity index (χ0) is 33.8. The third-order valence-corrected chi connectivity index (χ3v) is 7.89. The normalized spacial score (nSPS) is 13.0. The van der Waals surface area contributed by atoms with E-state index in [2.05, 4.69) is 15.0 Å². The maximum Gasteiger partial charge on any atom is 0.416 e. The van der Waals surface area contributed by atoms with Crippen molar-refractivity contribution in [2.45, 2.75) is 12.4 Å². The van der Waals surface area contributed by atoms with E-state index < -0.39 is 23.5 Å². The summed E-state index contributed by atoms with van der Waals surface area (Å²) < 4.78 is 89.5. The molecule has 0 fully saturated rings. The van der Waals surface area contributed by atoms with E-state index >= 15 is 0 Å². The number of alkyl halides is 6. The van der Waals surface area contributed by atoms with Crippen LogP contribution in [0.25, 0.3) is 48.0 Å². The minimum atomic E-state index is -4.48. The molecule has 234 valence electrons. The Balaban J connectivity index is 1.34. The SMILES string of the molecule is [C-]#[N+]/N=c1\c2cc(Oc3ccc(C(F)(F)F)cc3)ccc2c2cc3/c(=N/C#N)c4cc(Oc5ccc(C(F)(F)F)cc5)ccc4c3cc12. The van der Waals surface area contributed by atoms with Gasteiger partial charge >= 0.3 is 12.4 Å². The molecule has 0 N–H and O–H groups in total. The molecule has 6 nitrogen and oxygen atoms in total. The maximum absolute atomic E-state index is 13.0. The van der Waals surface area contributed by atoms with Crippen molar-refractivity contribution < 1.29 is 35.8 Å². The Hall–Kier alpha value is -6.40. The van der Waals surface area contributed by atoms with Gasteiger partial charge in [-0.2, -0.15) is 43.2 Å². The molecule has 0 heterocycles. The van der Waals surface area contributed by atoms with Crippen LogP contribution in [0.4, 0.5) is 26.3 Å². The number of fused-ring (bicyclic) bond motifs is 6. The fraction of sp³-hybridized carbons (Fsp3) is 0.0556. The van der Waals surface area contributed by atoms with Crippen molar-refractivity contribution in [1.82, 2.24) is 0 Å². The Bertz CT molecular complexity index is 2420. The van der Waals surface area contributed by atoms with E-state index in [1.54, 1.807) is 36.4 Å². The van der Waals surface area contributed by atoms with Gasteiger partial charge in [0.1, 0.15) is 23.0 Å². The molecule has 12 heteroatoms. The molecule has 48 heavy (non-hydrogen) atoms. The second kappa shape index (κ2) is 11.1. The van der Waals surface area contributed by atoms with E-state index in [0.717, 1.165) is 24.3 Å². The number of ether oxygens (including phenoxy) is 2. The van der Waals surface area contributed by atoms with E-state index in [-0.39, 0.29) is 11.5 Å². The van der Waals surface area contributed by atoms with Gasteiger partial charge in [0.05, 0.1) is 21.6 Å². The lowest BCUT2D eigenvalue weighted by Crippen LogP contribution is -2.04. The first-order valence-corrected chi connectivity index (χ1v) is 14.0. The van der Waals surface area contributed by atoms with Crippen LogP contribution in [-0.2, 0) is 12.4 Å². The number of hydrogen-bond donors (Lipinski definition) is 0. The van der Waals surface area contributed by atoms with Crippen LogP contribution in [0.3, 0.4) is 0 Å². The molecule has 7 rings (SSSR count). The van der Waals surface area contributed by atoms with Crippen molar-refractivity contribution >= 4 is 43.1 Å². The second-order valence-electron chi connectivity index (χ2n) is 10.7. The lowest BCUT2D eigenvalue weighted by Gasteiger charge is -2.09. The fourth-order valence-electron chi connectivity index (χ4n) is 5.79. The number of nitrogens with zero attached hydrogens (tertiary/aromatic N) is 4. The Morgan fingerprint density at radius 2 is 0.917 bits per heavy atom. The molecule has 0 atom stereocenters. The summed E-state index contributed by atoms with van der Waals surface area (Å²) in [6, 6.07) is 22.4. The molecule has 0 aliphatic rings. The van der Waals surface area contributed by atoms with Crippen LogP contribution in [0, 0.1) is 18.0 Å². The van der Waals surface area contributed by atoms with Crippen molar-refractivity contribution in [1.29, 1.82) is 5.26 Å². The highest BCUT2D eigenvalue weighted by Gasteiger charge is 2.31. The smallest absolute Gasteiger partial charge is 0.416 e. The zero-order valence-electron chi connectivity index (χ0n) is 24.1. The molecule has 0 unspecified atom stereocenters. The highest BCUT2D eigenvalue weighted by atomic mass is 19.4. The van der Waals surface area contributed by atoms with Crippen molar-refractivity contribution in [3.8, 4) is 29.2 Å². The molecule has 0 aromatic heterocycles. The van der Waals surface area contributed by atoms with Crippen LogP contribution < -0.4 is 20.2 Å². The van der Waals surface area contributed by atoms with E-state index in [1.807, 2.05) is 18.3 Å². The largest absolute Gasteiger partial charge is 0.457 e. The minimum absolute atomic E-state index is 0.189. The van der Waals surface area contributed by atoms with Crippen LogP contribution >= 0.6 is 0 Å². The fourth-order valence-corrected chi connectivity index (χ4v) is 5.79. The summed E-state index contributed by atoms with van der Waals surface area (Å²) in [5.41, 5.74) is -1.61. The molecular formula is C36H16F6N4O2. The van der Waals surface area contributed by atoms with Gasteiger partial charge in [-0.3, -0.25) is 0 Å². The molecule has 0 saturated carbocycles. The summed E-state index contributed by atoms with van der Waals surface area (Å²) in [6.45, 7) is 7.46. The van der Waals surface area contributed by atoms with Gasteiger partial charge < -0.3 is 9.47 Å². The Kier molecular flexibility index (Phi) is 7.02. The van der Waals surface area contributed by atoms with Gasteiger partial charge in [-0.15, -0.1) is 4.95 Å². The lowest BCUT2D eigenvalue weighted by atomic mass is 10.1. The van der Waals surface area contributed by atoms with E-state index in [1.165, 1.54) is 24.3 Å². The van der Waals surface area contributed by atoms with Crippen LogP contribution in [-0.4, -0.2) is 0 Å². The molecular weight excluding hydrogens is 634 g/mol. The lowest BCUT2D eigenvalue weighted by molar-refractivity contribution is -0.138. The molecule has 0 radical (unpaired) electrons. The summed E-state index contributed by atoms with van der Waals surface area (Å²) in [4.78, 5) is 7.34. The Morgan fingerprint density at radius 3 is 1.33 bits per heavy atom. The van der Waals surface area contributed by atoms with Crippen molar-refractivity contribution in [2.24, 2.45) is 10.1 Å². The molecule has 7 aromatic carbocycles. The van der Waals surface area contributed by atoms with Gasteiger partial charge in [0.25, 0.3) is 0 Å². The van der Waals surface area contributed by atoms with Gasteiger partial charge in [0.15, 0.2) is 5.36 Å². The molecule has 0 aliphatic heterocycles. The molecule has 0 amide bonds. The second-order valence-corrected chi connectivity index (χ2v) is 10.7. The van der Waals surface area contributed by atoms with Gasteiger partial charge in [0, 0.05) is 21.5 Å². The summed E-state index contributed by atoms with van der Waals surface area (Å²) in [5.74, 6) is 1.02. The van der Waals surface area contributed by atoms with Gasteiger partial charge in [0.2, 0.25) is 6.19 Å². The van der Waals surface area contributed by atoms with Crippen molar-refractivity contribution in [3.63, 3.8) is 0 Å². The summed E-state index contributed by atoms with van der Waals surface area (Å²) >= 11 is 0.